The van der Waals surface area contributed by atoms with Gasteiger partial charge in [0.2, 0.25) is 15.9 Å². The van der Waals surface area contributed by atoms with Crippen LogP contribution >= 0.6 is 0 Å². The largest absolute Gasteiger partial charge is 0.324 e. The van der Waals surface area contributed by atoms with Gasteiger partial charge in [-0.05, 0) is 29.7 Å². The zero-order valence-corrected chi connectivity index (χ0v) is 16.2. The summed E-state index contributed by atoms with van der Waals surface area (Å²) in [5.74, 6) is -0.543. The number of carbonyl (C=O) groups is 1. The van der Waals surface area contributed by atoms with Crippen molar-refractivity contribution in [2.75, 3.05) is 17.6 Å². The number of sulfonamides is 1. The summed E-state index contributed by atoms with van der Waals surface area (Å²) in [4.78, 5) is 16.7. The average molecular weight is 395 g/mol. The van der Waals surface area contributed by atoms with Crippen molar-refractivity contribution in [1.29, 1.82) is 0 Å². The Labute approximate surface area is 164 Å². The van der Waals surface area contributed by atoms with Gasteiger partial charge >= 0.3 is 0 Å². The standard InChI is InChI=1S/C21H21N3O3S/c25-20(23-19-9-3-7-17-8-4-12-22-21(17)19)11-14-28(26,27)24-13-10-16-5-1-2-6-18(16)15-24/h1-9,12H,10-11,13-15H2,(H,23,25). The normalized spacial score (nSPS) is 14.6. The Hall–Kier alpha value is -2.77. The fourth-order valence-corrected chi connectivity index (χ4v) is 4.88. The number of hydrogen-bond donors (Lipinski definition) is 1. The van der Waals surface area contributed by atoms with Crippen LogP contribution in [0.3, 0.4) is 0 Å². The highest BCUT2D eigenvalue weighted by Gasteiger charge is 2.27. The van der Waals surface area contributed by atoms with Crippen LogP contribution < -0.4 is 5.32 Å². The Morgan fingerprint density at radius 1 is 1.04 bits per heavy atom. The molecule has 6 nitrogen and oxygen atoms in total. The fraction of sp³-hybridized carbons (Fsp3) is 0.238. The molecule has 144 valence electrons. The number of nitrogens with one attached hydrogen (secondary N) is 1. The number of pyridine rings is 1. The molecular formula is C21H21N3O3S. The molecule has 7 heteroatoms. The Morgan fingerprint density at radius 3 is 2.68 bits per heavy atom. The molecule has 3 aromatic rings. The fourth-order valence-electron chi connectivity index (χ4n) is 3.48. The highest BCUT2D eigenvalue weighted by Crippen LogP contribution is 2.23. The monoisotopic (exact) mass is 395 g/mol. The minimum atomic E-state index is -3.50. The first-order valence-electron chi connectivity index (χ1n) is 9.21. The lowest BCUT2D eigenvalue weighted by Crippen LogP contribution is -2.38. The van der Waals surface area contributed by atoms with E-state index in [1.165, 1.54) is 9.87 Å². The zero-order chi connectivity index (χ0) is 19.6. The first kappa shape index (κ1) is 18.6. The van der Waals surface area contributed by atoms with Crippen LogP contribution in [-0.2, 0) is 27.8 Å². The number of fused-ring (bicyclic) bond motifs is 2. The lowest BCUT2D eigenvalue weighted by Gasteiger charge is -2.28. The molecule has 0 unspecified atom stereocenters. The molecule has 0 bridgehead atoms. The second-order valence-electron chi connectivity index (χ2n) is 6.85. The van der Waals surface area contributed by atoms with E-state index in [9.17, 15) is 13.2 Å². The Kier molecular flexibility index (Phi) is 5.11. The molecule has 1 aliphatic heterocycles. The van der Waals surface area contributed by atoms with Gasteiger partial charge in [0.25, 0.3) is 0 Å². The van der Waals surface area contributed by atoms with E-state index in [0.29, 0.717) is 30.7 Å². The minimum Gasteiger partial charge on any atom is -0.324 e. The van der Waals surface area contributed by atoms with Gasteiger partial charge in [0.15, 0.2) is 0 Å². The van der Waals surface area contributed by atoms with E-state index in [4.69, 9.17) is 0 Å². The number of hydrogen-bond acceptors (Lipinski definition) is 4. The summed E-state index contributed by atoms with van der Waals surface area (Å²) < 4.78 is 26.9. The quantitative estimate of drug-likeness (QED) is 0.720. The molecule has 0 spiro atoms. The predicted octanol–water partition coefficient (Wildman–Crippen LogP) is 2.95. The molecule has 1 amide bonds. The van der Waals surface area contributed by atoms with E-state index in [2.05, 4.69) is 10.3 Å². The van der Waals surface area contributed by atoms with Gasteiger partial charge in [-0.25, -0.2) is 8.42 Å². The van der Waals surface area contributed by atoms with Crippen molar-refractivity contribution in [3.8, 4) is 0 Å². The number of anilines is 1. The van der Waals surface area contributed by atoms with Gasteiger partial charge in [0.1, 0.15) is 0 Å². The van der Waals surface area contributed by atoms with E-state index in [-0.39, 0.29) is 18.1 Å². The molecule has 0 atom stereocenters. The lowest BCUT2D eigenvalue weighted by atomic mass is 10.0. The summed E-state index contributed by atoms with van der Waals surface area (Å²) in [5, 5.41) is 3.71. The highest BCUT2D eigenvalue weighted by atomic mass is 32.2. The molecule has 2 heterocycles. The van der Waals surface area contributed by atoms with Crippen LogP contribution in [0.25, 0.3) is 10.9 Å². The number of para-hydroxylation sites is 1. The number of amides is 1. The van der Waals surface area contributed by atoms with Crippen molar-refractivity contribution < 1.29 is 13.2 Å². The molecule has 0 saturated carbocycles. The van der Waals surface area contributed by atoms with Crippen molar-refractivity contribution in [1.82, 2.24) is 9.29 Å². The van der Waals surface area contributed by atoms with Gasteiger partial charge < -0.3 is 5.32 Å². The summed E-state index contributed by atoms with van der Waals surface area (Å²) in [6, 6.07) is 17.1. The molecule has 0 radical (unpaired) electrons. The molecule has 28 heavy (non-hydrogen) atoms. The van der Waals surface area contributed by atoms with Crippen molar-refractivity contribution >= 4 is 32.5 Å². The van der Waals surface area contributed by atoms with Gasteiger partial charge in [-0.15, -0.1) is 0 Å². The number of rotatable bonds is 5. The average Bonchev–Trinajstić information content (AvgIpc) is 2.72. The van der Waals surface area contributed by atoms with E-state index >= 15 is 0 Å². The van der Waals surface area contributed by atoms with E-state index in [1.807, 2.05) is 48.5 Å². The molecule has 1 aromatic heterocycles. The molecule has 1 N–H and O–H groups in total. The molecular weight excluding hydrogens is 374 g/mol. The summed E-state index contributed by atoms with van der Waals surface area (Å²) in [7, 11) is -3.50. The Balaban J connectivity index is 1.40. The number of nitrogens with zero attached hydrogens (tertiary/aromatic N) is 2. The highest BCUT2D eigenvalue weighted by molar-refractivity contribution is 7.89. The second-order valence-corrected chi connectivity index (χ2v) is 8.94. The van der Waals surface area contributed by atoms with Crippen molar-refractivity contribution in [2.45, 2.75) is 19.4 Å². The van der Waals surface area contributed by atoms with E-state index < -0.39 is 10.0 Å². The summed E-state index contributed by atoms with van der Waals surface area (Å²) in [6.45, 7) is 0.821. The molecule has 4 rings (SSSR count). The maximum absolute atomic E-state index is 12.7. The molecule has 0 fully saturated rings. The van der Waals surface area contributed by atoms with Crippen LogP contribution in [0.4, 0.5) is 5.69 Å². The van der Waals surface area contributed by atoms with Crippen LogP contribution in [0.1, 0.15) is 17.5 Å². The number of carbonyl (C=O) groups excluding carboxylic acids is 1. The smallest absolute Gasteiger partial charge is 0.225 e. The third kappa shape index (κ3) is 3.90. The number of aromatic nitrogens is 1. The summed E-state index contributed by atoms with van der Waals surface area (Å²) >= 11 is 0. The maximum Gasteiger partial charge on any atom is 0.225 e. The molecule has 0 saturated heterocycles. The van der Waals surface area contributed by atoms with Crippen LogP contribution in [0.2, 0.25) is 0 Å². The topological polar surface area (TPSA) is 79.4 Å². The van der Waals surface area contributed by atoms with Gasteiger partial charge in [-0.1, -0.05) is 42.5 Å². The van der Waals surface area contributed by atoms with Crippen LogP contribution in [0, 0.1) is 0 Å². The van der Waals surface area contributed by atoms with Gasteiger partial charge in [-0.2, -0.15) is 4.31 Å². The first-order chi connectivity index (χ1) is 13.5. The third-order valence-corrected chi connectivity index (χ3v) is 6.80. The Morgan fingerprint density at radius 2 is 1.82 bits per heavy atom. The van der Waals surface area contributed by atoms with Crippen LogP contribution in [0.5, 0.6) is 0 Å². The van der Waals surface area contributed by atoms with Crippen molar-refractivity contribution in [3.05, 3.63) is 71.9 Å². The third-order valence-electron chi connectivity index (χ3n) is 4.98. The predicted molar refractivity (Wildman–Crippen MR) is 109 cm³/mol. The first-order valence-corrected chi connectivity index (χ1v) is 10.8. The maximum atomic E-state index is 12.7. The lowest BCUT2D eigenvalue weighted by molar-refractivity contribution is -0.115. The van der Waals surface area contributed by atoms with Crippen LogP contribution in [0.15, 0.2) is 60.8 Å². The molecule has 0 aliphatic carbocycles. The zero-order valence-electron chi connectivity index (χ0n) is 15.3. The SMILES string of the molecule is O=C(CCS(=O)(=O)N1CCc2ccccc2C1)Nc1cccc2cccnc12. The van der Waals surface area contributed by atoms with Gasteiger partial charge in [-0.3, -0.25) is 9.78 Å². The van der Waals surface area contributed by atoms with E-state index in [1.54, 1.807) is 12.3 Å². The number of benzene rings is 2. The van der Waals surface area contributed by atoms with Crippen molar-refractivity contribution in [2.24, 2.45) is 0 Å². The summed E-state index contributed by atoms with van der Waals surface area (Å²) in [5.41, 5.74) is 3.50. The summed E-state index contributed by atoms with van der Waals surface area (Å²) in [6.07, 6.45) is 2.27. The Bertz CT molecular complexity index is 1120. The van der Waals surface area contributed by atoms with Crippen LogP contribution in [-0.4, -0.2) is 35.9 Å². The van der Waals surface area contributed by atoms with Gasteiger partial charge in [0.05, 0.1) is 17.0 Å². The van der Waals surface area contributed by atoms with Crippen molar-refractivity contribution in [3.63, 3.8) is 0 Å². The van der Waals surface area contributed by atoms with Gasteiger partial charge in [0, 0.05) is 31.1 Å². The molecule has 1 aliphatic rings. The minimum absolute atomic E-state index is 0.0936. The van der Waals surface area contributed by atoms with E-state index in [0.717, 1.165) is 10.9 Å². The molecule has 2 aromatic carbocycles. The second kappa shape index (κ2) is 7.69.